The molecule has 1 aromatic rings. The van der Waals surface area contributed by atoms with Crippen LogP contribution in [0.5, 0.6) is 5.75 Å². The van der Waals surface area contributed by atoms with Crippen LogP contribution in [0.3, 0.4) is 0 Å². The molecule has 1 rings (SSSR count). The van der Waals surface area contributed by atoms with E-state index in [1.165, 1.54) is 24.5 Å². The summed E-state index contributed by atoms with van der Waals surface area (Å²) in [6, 6.07) is 8.09. The van der Waals surface area contributed by atoms with Crippen LogP contribution in [0.15, 0.2) is 36.8 Å². The first kappa shape index (κ1) is 10.6. The van der Waals surface area contributed by atoms with Gasteiger partial charge in [-0.25, -0.2) is 0 Å². The van der Waals surface area contributed by atoms with Gasteiger partial charge in [0.25, 0.3) is 0 Å². The average Bonchev–Trinajstić information content (AvgIpc) is 2.21. The van der Waals surface area contributed by atoms with Crippen molar-refractivity contribution < 1.29 is 9.47 Å². The summed E-state index contributed by atoms with van der Waals surface area (Å²) in [6.07, 6.45) is 5.31. The molecule has 0 heterocycles. The van der Waals surface area contributed by atoms with Gasteiger partial charge in [-0.3, -0.25) is 0 Å². The quantitative estimate of drug-likeness (QED) is 0.667. The highest BCUT2D eigenvalue weighted by molar-refractivity contribution is 5.27. The van der Waals surface area contributed by atoms with Crippen molar-refractivity contribution in [3.05, 3.63) is 42.4 Å². The van der Waals surface area contributed by atoms with Crippen molar-refractivity contribution in [2.24, 2.45) is 0 Å². The third kappa shape index (κ3) is 3.52. The molecule has 0 spiro atoms. The van der Waals surface area contributed by atoms with Gasteiger partial charge in [0.05, 0.1) is 7.11 Å². The van der Waals surface area contributed by atoms with Crippen LogP contribution in [0.4, 0.5) is 0 Å². The number of ether oxygens (including phenoxy) is 2. The maximum Gasteiger partial charge on any atom is 0.126 e. The summed E-state index contributed by atoms with van der Waals surface area (Å²) in [5, 5.41) is 0. The Morgan fingerprint density at radius 1 is 1.14 bits per heavy atom. The van der Waals surface area contributed by atoms with Gasteiger partial charge in [0.2, 0.25) is 0 Å². The molecule has 14 heavy (non-hydrogen) atoms. The van der Waals surface area contributed by atoms with Gasteiger partial charge in [-0.15, -0.1) is 0 Å². The minimum absolute atomic E-state index is 0.832. The highest BCUT2D eigenvalue weighted by Gasteiger charge is 1.92. The van der Waals surface area contributed by atoms with Crippen molar-refractivity contribution in [1.82, 2.24) is 0 Å². The van der Waals surface area contributed by atoms with Gasteiger partial charge >= 0.3 is 0 Å². The number of methoxy groups -OCH3 is 1. The topological polar surface area (TPSA) is 18.5 Å². The maximum absolute atomic E-state index is 5.27. The fourth-order valence-electron chi connectivity index (χ4n) is 1.19. The predicted molar refractivity (Wildman–Crippen MR) is 57.2 cm³/mol. The molecule has 0 fully saturated rings. The number of aryl methyl sites for hydroxylation is 1. The summed E-state index contributed by atoms with van der Waals surface area (Å²) in [5.74, 6) is 0.832. The first-order valence-electron chi connectivity index (χ1n) is 4.80. The minimum Gasteiger partial charge on any atom is -0.501 e. The molecule has 2 nitrogen and oxygen atoms in total. The SMILES string of the molecule is CCCc1ccc(O/C=C/OC)cc1. The van der Waals surface area contributed by atoms with Gasteiger partial charge < -0.3 is 9.47 Å². The van der Waals surface area contributed by atoms with Gasteiger partial charge in [0.1, 0.15) is 18.3 Å². The predicted octanol–water partition coefficient (Wildman–Crippen LogP) is 3.14. The fourth-order valence-corrected chi connectivity index (χ4v) is 1.19. The Hall–Kier alpha value is -1.44. The second-order valence-electron chi connectivity index (χ2n) is 3.02. The van der Waals surface area contributed by atoms with E-state index >= 15 is 0 Å². The van der Waals surface area contributed by atoms with E-state index in [1.807, 2.05) is 12.1 Å². The van der Waals surface area contributed by atoms with Crippen LogP contribution in [0.25, 0.3) is 0 Å². The zero-order valence-corrected chi connectivity index (χ0v) is 8.69. The van der Waals surface area contributed by atoms with E-state index in [9.17, 15) is 0 Å². The lowest BCUT2D eigenvalue weighted by molar-refractivity contribution is 0.319. The van der Waals surface area contributed by atoms with E-state index < -0.39 is 0 Å². The summed E-state index contributed by atoms with van der Waals surface area (Å²) in [7, 11) is 1.59. The van der Waals surface area contributed by atoms with Gasteiger partial charge in [-0.1, -0.05) is 25.5 Å². The summed E-state index contributed by atoms with van der Waals surface area (Å²) in [4.78, 5) is 0. The standard InChI is InChI=1S/C12H16O2/c1-3-4-11-5-7-12(8-6-11)14-10-9-13-2/h5-10H,3-4H2,1-2H3/b10-9+. The van der Waals surface area contributed by atoms with Crippen molar-refractivity contribution >= 4 is 0 Å². The Morgan fingerprint density at radius 3 is 2.43 bits per heavy atom. The summed E-state index contributed by atoms with van der Waals surface area (Å²) in [6.45, 7) is 2.17. The zero-order chi connectivity index (χ0) is 10.2. The highest BCUT2D eigenvalue weighted by Crippen LogP contribution is 2.13. The molecule has 76 valence electrons. The Bertz CT molecular complexity index is 275. The minimum atomic E-state index is 0.832. The molecule has 0 atom stereocenters. The second-order valence-corrected chi connectivity index (χ2v) is 3.02. The van der Waals surface area contributed by atoms with E-state index in [0.717, 1.165) is 12.2 Å². The molecule has 0 unspecified atom stereocenters. The molecule has 1 aromatic carbocycles. The molecule has 0 N–H and O–H groups in total. The fraction of sp³-hybridized carbons (Fsp3) is 0.333. The summed E-state index contributed by atoms with van der Waals surface area (Å²) >= 11 is 0. The number of rotatable bonds is 5. The molecule has 0 radical (unpaired) electrons. The molecule has 0 saturated heterocycles. The third-order valence-electron chi connectivity index (χ3n) is 1.86. The zero-order valence-electron chi connectivity index (χ0n) is 8.69. The molecule has 0 aliphatic rings. The van der Waals surface area contributed by atoms with Crippen molar-refractivity contribution in [2.45, 2.75) is 19.8 Å². The van der Waals surface area contributed by atoms with Crippen molar-refractivity contribution in [1.29, 1.82) is 0 Å². The third-order valence-corrected chi connectivity index (χ3v) is 1.86. The van der Waals surface area contributed by atoms with Crippen LogP contribution >= 0.6 is 0 Å². The molecular weight excluding hydrogens is 176 g/mol. The van der Waals surface area contributed by atoms with Crippen molar-refractivity contribution in [2.75, 3.05) is 7.11 Å². The number of hydrogen-bond donors (Lipinski definition) is 0. The lowest BCUT2D eigenvalue weighted by atomic mass is 10.1. The molecular formula is C12H16O2. The average molecular weight is 192 g/mol. The molecule has 0 saturated carbocycles. The van der Waals surface area contributed by atoms with Crippen LogP contribution in [0.2, 0.25) is 0 Å². The largest absolute Gasteiger partial charge is 0.501 e. The Kier molecular flexibility index (Phi) is 4.62. The summed E-state index contributed by atoms with van der Waals surface area (Å²) < 4.78 is 9.99. The molecule has 0 aliphatic heterocycles. The molecule has 0 amide bonds. The lowest BCUT2D eigenvalue weighted by Gasteiger charge is -2.01. The van der Waals surface area contributed by atoms with Crippen molar-refractivity contribution in [3.8, 4) is 5.75 Å². The smallest absolute Gasteiger partial charge is 0.126 e. The van der Waals surface area contributed by atoms with E-state index in [2.05, 4.69) is 19.1 Å². The highest BCUT2D eigenvalue weighted by atomic mass is 16.5. The van der Waals surface area contributed by atoms with Crippen LogP contribution < -0.4 is 4.74 Å². The summed E-state index contributed by atoms with van der Waals surface area (Å²) in [5.41, 5.74) is 1.34. The second kappa shape index (κ2) is 6.08. The van der Waals surface area contributed by atoms with E-state index in [4.69, 9.17) is 9.47 Å². The van der Waals surface area contributed by atoms with Crippen LogP contribution in [0, 0.1) is 0 Å². The Morgan fingerprint density at radius 2 is 1.86 bits per heavy atom. The van der Waals surface area contributed by atoms with E-state index in [0.29, 0.717) is 0 Å². The van der Waals surface area contributed by atoms with Gasteiger partial charge in [0, 0.05) is 0 Å². The van der Waals surface area contributed by atoms with E-state index in [-0.39, 0.29) is 0 Å². The van der Waals surface area contributed by atoms with Crippen LogP contribution in [-0.2, 0) is 11.2 Å². The Balaban J connectivity index is 2.50. The monoisotopic (exact) mass is 192 g/mol. The van der Waals surface area contributed by atoms with Crippen molar-refractivity contribution in [3.63, 3.8) is 0 Å². The molecule has 0 bridgehead atoms. The van der Waals surface area contributed by atoms with Crippen LogP contribution in [0.1, 0.15) is 18.9 Å². The van der Waals surface area contributed by atoms with Gasteiger partial charge in [-0.2, -0.15) is 0 Å². The molecule has 0 aliphatic carbocycles. The van der Waals surface area contributed by atoms with Crippen LogP contribution in [-0.4, -0.2) is 7.11 Å². The number of hydrogen-bond acceptors (Lipinski definition) is 2. The number of benzene rings is 1. The lowest BCUT2D eigenvalue weighted by Crippen LogP contribution is -1.85. The van der Waals surface area contributed by atoms with E-state index in [1.54, 1.807) is 7.11 Å². The first-order chi connectivity index (χ1) is 6.86. The Labute approximate surface area is 85.2 Å². The first-order valence-corrected chi connectivity index (χ1v) is 4.80. The maximum atomic E-state index is 5.27. The molecule has 2 heteroatoms. The van der Waals surface area contributed by atoms with Gasteiger partial charge in [-0.05, 0) is 24.1 Å². The normalized spacial score (nSPS) is 10.4. The molecule has 0 aromatic heterocycles. The van der Waals surface area contributed by atoms with Gasteiger partial charge in [0.15, 0.2) is 0 Å².